The predicted molar refractivity (Wildman–Crippen MR) is 133 cm³/mol. The maximum Gasteiger partial charge on any atom is 0.268 e. The van der Waals surface area contributed by atoms with Gasteiger partial charge in [0.15, 0.2) is 5.78 Å². The summed E-state index contributed by atoms with van der Waals surface area (Å²) in [6.45, 7) is -0.192. The highest BCUT2D eigenvalue weighted by molar-refractivity contribution is 7.88. The molecule has 35 heavy (non-hydrogen) atoms. The van der Waals surface area contributed by atoms with Crippen molar-refractivity contribution in [2.24, 2.45) is 0 Å². The van der Waals surface area contributed by atoms with Gasteiger partial charge in [-0.15, -0.1) is 11.3 Å². The molecule has 1 amide bonds. The van der Waals surface area contributed by atoms with Gasteiger partial charge in [0.25, 0.3) is 5.91 Å². The Balaban J connectivity index is 1.57. The third kappa shape index (κ3) is 4.71. The number of amides is 1. The lowest BCUT2D eigenvalue weighted by molar-refractivity contribution is 0.0949. The number of fused-ring (bicyclic) bond motifs is 1. The van der Waals surface area contributed by atoms with Crippen molar-refractivity contribution in [2.75, 3.05) is 23.4 Å². The van der Waals surface area contributed by atoms with E-state index in [1.807, 2.05) is 30.3 Å². The fraction of sp³-hybridized carbons (Fsp3) is 0.130. The van der Waals surface area contributed by atoms with E-state index in [4.69, 9.17) is 0 Å². The van der Waals surface area contributed by atoms with Crippen molar-refractivity contribution in [2.45, 2.75) is 6.54 Å². The Morgan fingerprint density at radius 3 is 2.69 bits per heavy atom. The first-order valence-electron chi connectivity index (χ1n) is 10.5. The van der Waals surface area contributed by atoms with Crippen LogP contribution in [0.1, 0.15) is 25.7 Å². The van der Waals surface area contributed by atoms with Crippen molar-refractivity contribution in [3.8, 4) is 11.3 Å². The van der Waals surface area contributed by atoms with E-state index in [0.29, 0.717) is 38.9 Å². The summed E-state index contributed by atoms with van der Waals surface area (Å²) in [5, 5.41) is 6.06. The molecule has 0 radical (unpaired) electrons. The number of nitrogens with zero attached hydrogens (tertiary/aromatic N) is 3. The molecule has 0 spiro atoms. The van der Waals surface area contributed by atoms with Gasteiger partial charge < -0.3 is 15.6 Å². The van der Waals surface area contributed by atoms with Crippen LogP contribution in [-0.4, -0.2) is 52.2 Å². The first-order valence-corrected chi connectivity index (χ1v) is 13.2. The molecule has 1 aromatic carbocycles. The molecule has 5 rings (SSSR count). The highest BCUT2D eigenvalue weighted by atomic mass is 32.2. The maximum absolute atomic E-state index is 13.1. The average Bonchev–Trinajstić information content (AvgIpc) is 3.48. The van der Waals surface area contributed by atoms with Gasteiger partial charge in [-0.1, -0.05) is 18.2 Å². The van der Waals surface area contributed by atoms with Gasteiger partial charge in [-0.25, -0.2) is 13.4 Å². The van der Waals surface area contributed by atoms with Crippen molar-refractivity contribution in [1.82, 2.24) is 19.3 Å². The smallest absolute Gasteiger partial charge is 0.268 e. The van der Waals surface area contributed by atoms with Crippen molar-refractivity contribution in [3.63, 3.8) is 0 Å². The Bertz CT molecular complexity index is 1510. The second kappa shape index (κ2) is 9.06. The molecule has 4 heterocycles. The van der Waals surface area contributed by atoms with E-state index in [1.54, 1.807) is 23.8 Å². The second-order valence-electron chi connectivity index (χ2n) is 7.92. The van der Waals surface area contributed by atoms with Gasteiger partial charge in [0.2, 0.25) is 10.0 Å². The van der Waals surface area contributed by atoms with E-state index in [9.17, 15) is 18.0 Å². The fourth-order valence-corrected chi connectivity index (χ4v) is 5.08. The van der Waals surface area contributed by atoms with Crippen molar-refractivity contribution >= 4 is 50.2 Å². The van der Waals surface area contributed by atoms with Crippen LogP contribution in [-0.2, 0) is 16.6 Å². The van der Waals surface area contributed by atoms with Gasteiger partial charge in [-0.2, -0.15) is 4.31 Å². The standard InChI is InChI=1S/C23H20N6O4S2/c1-35(32,33)29-11-16-20(17(30)12-29)22(26-15-5-3-2-4-6-15)21(27-16)14-7-8-25-19(9-14)28-23(31)18-10-24-13-34-18/h2-10,13,26-27H,11-12H2,1H3,(H,25,28,31). The topological polar surface area (TPSA) is 137 Å². The van der Waals surface area contributed by atoms with Crippen LogP contribution in [0.4, 0.5) is 17.2 Å². The van der Waals surface area contributed by atoms with Gasteiger partial charge >= 0.3 is 0 Å². The molecule has 12 heteroatoms. The van der Waals surface area contributed by atoms with Crippen LogP contribution < -0.4 is 10.6 Å². The number of H-pyrrole nitrogens is 1. The number of anilines is 3. The minimum Gasteiger partial charge on any atom is -0.355 e. The quantitative estimate of drug-likeness (QED) is 0.363. The van der Waals surface area contributed by atoms with Gasteiger partial charge in [-0.3, -0.25) is 14.6 Å². The monoisotopic (exact) mass is 508 g/mol. The zero-order chi connectivity index (χ0) is 24.6. The Hall–Kier alpha value is -3.87. The minimum atomic E-state index is -3.56. The third-order valence-electron chi connectivity index (χ3n) is 5.47. The van der Waals surface area contributed by atoms with Crippen molar-refractivity contribution in [3.05, 3.63) is 76.5 Å². The number of hydrogen-bond donors (Lipinski definition) is 3. The molecule has 0 aliphatic carbocycles. The molecule has 3 N–H and O–H groups in total. The van der Waals surface area contributed by atoms with Crippen LogP contribution in [0.2, 0.25) is 0 Å². The largest absolute Gasteiger partial charge is 0.355 e. The SMILES string of the molecule is CS(=O)(=O)N1CC(=O)c2c([nH]c(-c3ccnc(NC(=O)c4cncs4)c3)c2Nc2ccccc2)C1. The normalized spacial score (nSPS) is 13.9. The van der Waals surface area contributed by atoms with Crippen molar-refractivity contribution in [1.29, 1.82) is 0 Å². The van der Waals surface area contributed by atoms with Crippen LogP contribution in [0.5, 0.6) is 0 Å². The summed E-state index contributed by atoms with van der Waals surface area (Å²) in [6, 6.07) is 12.8. The Kier molecular flexibility index (Phi) is 5.93. The fourth-order valence-electron chi connectivity index (χ4n) is 3.85. The van der Waals surface area contributed by atoms with Crippen LogP contribution in [0, 0.1) is 0 Å². The summed E-state index contributed by atoms with van der Waals surface area (Å²) in [4.78, 5) is 37.4. The number of hydrogen-bond acceptors (Lipinski definition) is 8. The van der Waals surface area contributed by atoms with Crippen LogP contribution in [0.25, 0.3) is 11.3 Å². The number of para-hydroxylation sites is 1. The number of pyridine rings is 1. The van der Waals surface area contributed by atoms with Crippen LogP contribution >= 0.6 is 11.3 Å². The summed E-state index contributed by atoms with van der Waals surface area (Å²) in [6.07, 6.45) is 4.11. The number of Topliss-reactive ketones (excluding diaryl/α,β-unsaturated/α-hetero) is 1. The van der Waals surface area contributed by atoms with E-state index >= 15 is 0 Å². The Labute approximate surface area is 205 Å². The maximum atomic E-state index is 13.1. The molecule has 10 nitrogen and oxygen atoms in total. The number of rotatable bonds is 6. The lowest BCUT2D eigenvalue weighted by Crippen LogP contribution is -2.38. The van der Waals surface area contributed by atoms with Gasteiger partial charge in [0.1, 0.15) is 10.7 Å². The van der Waals surface area contributed by atoms with E-state index in [2.05, 4.69) is 25.6 Å². The number of nitrogens with one attached hydrogen (secondary N) is 3. The van der Waals surface area contributed by atoms with Gasteiger partial charge in [-0.05, 0) is 24.3 Å². The minimum absolute atomic E-state index is 0.0451. The molecule has 0 saturated carbocycles. The highest BCUT2D eigenvalue weighted by Gasteiger charge is 2.34. The van der Waals surface area contributed by atoms with Gasteiger partial charge in [0.05, 0.1) is 48.0 Å². The molecule has 0 atom stereocenters. The average molecular weight is 509 g/mol. The number of aromatic nitrogens is 3. The lowest BCUT2D eigenvalue weighted by atomic mass is 10.0. The molecule has 0 bridgehead atoms. The zero-order valence-electron chi connectivity index (χ0n) is 18.5. The van der Waals surface area contributed by atoms with E-state index < -0.39 is 10.0 Å². The first-order chi connectivity index (χ1) is 16.8. The molecular weight excluding hydrogens is 488 g/mol. The summed E-state index contributed by atoms with van der Waals surface area (Å²) in [7, 11) is -3.56. The second-order valence-corrected chi connectivity index (χ2v) is 10.8. The molecule has 3 aromatic heterocycles. The summed E-state index contributed by atoms with van der Waals surface area (Å²) in [5.74, 6) is -0.321. The first kappa shape index (κ1) is 22.9. The number of ketones is 1. The highest BCUT2D eigenvalue weighted by Crippen LogP contribution is 2.38. The summed E-state index contributed by atoms with van der Waals surface area (Å²) < 4.78 is 25.4. The number of carbonyl (C=O) groups excluding carboxylic acids is 2. The Morgan fingerprint density at radius 2 is 1.97 bits per heavy atom. The number of aromatic amines is 1. The van der Waals surface area contributed by atoms with E-state index in [-0.39, 0.29) is 24.8 Å². The van der Waals surface area contributed by atoms with Crippen LogP contribution in [0.15, 0.2) is 60.4 Å². The zero-order valence-corrected chi connectivity index (χ0v) is 20.1. The molecule has 4 aromatic rings. The van der Waals surface area contributed by atoms with Crippen LogP contribution in [0.3, 0.4) is 0 Å². The number of benzene rings is 1. The number of sulfonamides is 1. The molecule has 178 valence electrons. The molecule has 0 fully saturated rings. The molecule has 0 unspecified atom stereocenters. The van der Waals surface area contributed by atoms with E-state index in [1.165, 1.54) is 17.5 Å². The number of thiazole rings is 1. The lowest BCUT2D eigenvalue weighted by Gasteiger charge is -2.24. The summed E-state index contributed by atoms with van der Waals surface area (Å²) >= 11 is 1.22. The third-order valence-corrected chi connectivity index (χ3v) is 7.44. The molecule has 1 aliphatic heterocycles. The Morgan fingerprint density at radius 1 is 1.17 bits per heavy atom. The summed E-state index contributed by atoms with van der Waals surface area (Å²) in [5.41, 5.74) is 5.02. The molecular formula is C23H20N6O4S2. The van der Waals surface area contributed by atoms with Crippen molar-refractivity contribution < 1.29 is 18.0 Å². The van der Waals surface area contributed by atoms with Gasteiger partial charge in [0, 0.05) is 23.1 Å². The predicted octanol–water partition coefficient (Wildman–Crippen LogP) is 3.49. The molecule has 0 saturated heterocycles. The molecule has 1 aliphatic rings. The van der Waals surface area contributed by atoms with E-state index in [0.717, 1.165) is 16.2 Å². The number of carbonyl (C=O) groups is 2.